The molecule has 0 heterocycles. The van der Waals surface area contributed by atoms with Crippen LogP contribution in [0.25, 0.3) is 0 Å². The number of para-hydroxylation sites is 1. The van der Waals surface area contributed by atoms with E-state index in [-0.39, 0.29) is 0 Å². The minimum atomic E-state index is 0.745. The van der Waals surface area contributed by atoms with Gasteiger partial charge < -0.3 is 10.1 Å². The predicted octanol–water partition coefficient (Wildman–Crippen LogP) is 3.93. The summed E-state index contributed by atoms with van der Waals surface area (Å²) in [4.78, 5) is 0. The van der Waals surface area contributed by atoms with Crippen LogP contribution in [0, 0.1) is 12.8 Å². The number of hydrogen-bond acceptors (Lipinski definition) is 2. The van der Waals surface area contributed by atoms with Crippen LogP contribution in [0.15, 0.2) is 24.3 Å². The first-order valence-electron chi connectivity index (χ1n) is 7.67. The molecule has 1 saturated carbocycles. The highest BCUT2D eigenvalue weighted by atomic mass is 16.5. The molecular formula is C17H27NO. The SMILES string of the molecule is Cc1ccccc1OCCCNC1CCC(C)CC1. The number of benzene rings is 1. The molecule has 2 heteroatoms. The fourth-order valence-corrected chi connectivity index (χ4v) is 2.74. The Kier molecular flexibility index (Phi) is 5.71. The molecule has 0 radical (unpaired) electrons. The summed E-state index contributed by atoms with van der Waals surface area (Å²) in [6.07, 6.45) is 6.55. The zero-order valence-corrected chi connectivity index (χ0v) is 12.3. The van der Waals surface area contributed by atoms with Gasteiger partial charge >= 0.3 is 0 Å². The number of rotatable bonds is 6. The average Bonchev–Trinajstić information content (AvgIpc) is 2.42. The van der Waals surface area contributed by atoms with E-state index in [4.69, 9.17) is 4.74 Å². The lowest BCUT2D eigenvalue weighted by Gasteiger charge is -2.27. The quantitative estimate of drug-likeness (QED) is 0.783. The Hall–Kier alpha value is -1.02. The first kappa shape index (κ1) is 14.4. The van der Waals surface area contributed by atoms with Crippen molar-refractivity contribution in [3.8, 4) is 5.75 Å². The van der Waals surface area contributed by atoms with Crippen molar-refractivity contribution >= 4 is 0 Å². The van der Waals surface area contributed by atoms with Gasteiger partial charge in [0.15, 0.2) is 0 Å². The van der Waals surface area contributed by atoms with Crippen molar-refractivity contribution in [2.45, 2.75) is 52.0 Å². The molecule has 0 spiro atoms. The molecule has 0 aliphatic heterocycles. The Morgan fingerprint density at radius 1 is 1.16 bits per heavy atom. The Morgan fingerprint density at radius 3 is 2.63 bits per heavy atom. The van der Waals surface area contributed by atoms with Crippen LogP contribution in [0.5, 0.6) is 5.75 Å². The largest absolute Gasteiger partial charge is 0.493 e. The molecule has 1 aliphatic carbocycles. The van der Waals surface area contributed by atoms with E-state index in [1.807, 2.05) is 18.2 Å². The summed E-state index contributed by atoms with van der Waals surface area (Å²) >= 11 is 0. The molecule has 0 aromatic heterocycles. The Morgan fingerprint density at radius 2 is 1.89 bits per heavy atom. The van der Waals surface area contributed by atoms with Gasteiger partial charge in [0.25, 0.3) is 0 Å². The fraction of sp³-hybridized carbons (Fsp3) is 0.647. The normalized spacial score (nSPS) is 23.3. The van der Waals surface area contributed by atoms with Crippen LogP contribution < -0.4 is 10.1 Å². The van der Waals surface area contributed by atoms with Gasteiger partial charge in [-0.15, -0.1) is 0 Å². The standard InChI is InChI=1S/C17H27NO/c1-14-8-10-16(11-9-14)18-12-5-13-19-17-7-4-3-6-15(17)2/h3-4,6-7,14,16,18H,5,8-13H2,1-2H3. The smallest absolute Gasteiger partial charge is 0.122 e. The summed E-state index contributed by atoms with van der Waals surface area (Å²) in [5, 5.41) is 3.66. The third-order valence-electron chi connectivity index (χ3n) is 4.12. The van der Waals surface area contributed by atoms with Crippen LogP contribution in [0.1, 0.15) is 44.6 Å². The van der Waals surface area contributed by atoms with Gasteiger partial charge in [-0.05, 0) is 63.1 Å². The van der Waals surface area contributed by atoms with Crippen molar-refractivity contribution in [1.82, 2.24) is 5.32 Å². The first-order valence-corrected chi connectivity index (χ1v) is 7.67. The summed E-state index contributed by atoms with van der Waals surface area (Å²) in [7, 11) is 0. The number of nitrogens with one attached hydrogen (secondary N) is 1. The zero-order chi connectivity index (χ0) is 13.5. The van der Waals surface area contributed by atoms with E-state index >= 15 is 0 Å². The minimum Gasteiger partial charge on any atom is -0.493 e. The summed E-state index contributed by atoms with van der Waals surface area (Å²) < 4.78 is 5.80. The third kappa shape index (κ3) is 4.87. The second-order valence-electron chi connectivity index (χ2n) is 5.88. The van der Waals surface area contributed by atoms with Crippen molar-refractivity contribution in [3.05, 3.63) is 29.8 Å². The number of hydrogen-bond donors (Lipinski definition) is 1. The molecule has 1 aliphatic rings. The molecule has 2 nitrogen and oxygen atoms in total. The second-order valence-corrected chi connectivity index (χ2v) is 5.88. The maximum Gasteiger partial charge on any atom is 0.122 e. The van der Waals surface area contributed by atoms with Gasteiger partial charge in [-0.1, -0.05) is 25.1 Å². The van der Waals surface area contributed by atoms with Gasteiger partial charge in [0.2, 0.25) is 0 Å². The van der Waals surface area contributed by atoms with Crippen molar-refractivity contribution < 1.29 is 4.74 Å². The first-order chi connectivity index (χ1) is 9.25. The lowest BCUT2D eigenvalue weighted by atomic mass is 9.87. The van der Waals surface area contributed by atoms with E-state index in [9.17, 15) is 0 Å². The summed E-state index contributed by atoms with van der Waals surface area (Å²) in [5.41, 5.74) is 1.22. The lowest BCUT2D eigenvalue weighted by molar-refractivity contribution is 0.281. The van der Waals surface area contributed by atoms with Crippen LogP contribution in [-0.4, -0.2) is 19.2 Å². The molecular weight excluding hydrogens is 234 g/mol. The minimum absolute atomic E-state index is 0.745. The van der Waals surface area contributed by atoms with Crippen LogP contribution in [0.3, 0.4) is 0 Å². The molecule has 1 aromatic rings. The van der Waals surface area contributed by atoms with Gasteiger partial charge in [-0.25, -0.2) is 0 Å². The van der Waals surface area contributed by atoms with Gasteiger partial charge in [-0.3, -0.25) is 0 Å². The Labute approximate surface area is 117 Å². The molecule has 1 fully saturated rings. The average molecular weight is 261 g/mol. The second kappa shape index (κ2) is 7.54. The van der Waals surface area contributed by atoms with Gasteiger partial charge in [0.05, 0.1) is 6.61 Å². The van der Waals surface area contributed by atoms with Crippen molar-refractivity contribution in [2.75, 3.05) is 13.2 Å². The molecule has 0 bridgehead atoms. The lowest BCUT2D eigenvalue weighted by Crippen LogP contribution is -2.33. The fourth-order valence-electron chi connectivity index (χ4n) is 2.74. The van der Waals surface area contributed by atoms with Crippen LogP contribution in [0.4, 0.5) is 0 Å². The molecule has 1 aromatic carbocycles. The Balaban J connectivity index is 1.56. The highest BCUT2D eigenvalue weighted by molar-refractivity contribution is 5.31. The molecule has 0 unspecified atom stereocenters. The molecule has 2 rings (SSSR count). The van der Waals surface area contributed by atoms with E-state index in [1.165, 1.54) is 31.2 Å². The molecule has 19 heavy (non-hydrogen) atoms. The summed E-state index contributed by atoms with van der Waals surface area (Å²) in [6.45, 7) is 6.34. The summed E-state index contributed by atoms with van der Waals surface area (Å²) in [6, 6.07) is 8.97. The maximum atomic E-state index is 5.80. The van der Waals surface area contributed by atoms with E-state index in [0.717, 1.165) is 37.3 Å². The topological polar surface area (TPSA) is 21.3 Å². The molecule has 0 atom stereocenters. The van der Waals surface area contributed by atoms with Crippen LogP contribution in [-0.2, 0) is 0 Å². The Bertz CT molecular complexity index is 369. The van der Waals surface area contributed by atoms with Crippen molar-refractivity contribution in [1.29, 1.82) is 0 Å². The maximum absolute atomic E-state index is 5.80. The number of ether oxygens (including phenoxy) is 1. The van der Waals surface area contributed by atoms with E-state index < -0.39 is 0 Å². The van der Waals surface area contributed by atoms with E-state index in [2.05, 4.69) is 25.2 Å². The highest BCUT2D eigenvalue weighted by Crippen LogP contribution is 2.23. The predicted molar refractivity (Wildman–Crippen MR) is 80.7 cm³/mol. The van der Waals surface area contributed by atoms with Crippen molar-refractivity contribution in [3.63, 3.8) is 0 Å². The van der Waals surface area contributed by atoms with E-state index in [0.29, 0.717) is 0 Å². The number of aryl methyl sites for hydroxylation is 1. The molecule has 0 saturated heterocycles. The van der Waals surface area contributed by atoms with Gasteiger partial charge in [0, 0.05) is 6.04 Å². The summed E-state index contributed by atoms with van der Waals surface area (Å²) in [5.74, 6) is 1.96. The van der Waals surface area contributed by atoms with Crippen LogP contribution >= 0.6 is 0 Å². The molecule has 0 amide bonds. The molecule has 1 N–H and O–H groups in total. The highest BCUT2D eigenvalue weighted by Gasteiger charge is 2.16. The molecule has 106 valence electrons. The third-order valence-corrected chi connectivity index (χ3v) is 4.12. The monoisotopic (exact) mass is 261 g/mol. The van der Waals surface area contributed by atoms with Crippen molar-refractivity contribution in [2.24, 2.45) is 5.92 Å². The zero-order valence-electron chi connectivity index (χ0n) is 12.3. The van der Waals surface area contributed by atoms with Gasteiger partial charge in [0.1, 0.15) is 5.75 Å². The van der Waals surface area contributed by atoms with E-state index in [1.54, 1.807) is 0 Å². The van der Waals surface area contributed by atoms with Crippen LogP contribution in [0.2, 0.25) is 0 Å². The van der Waals surface area contributed by atoms with Gasteiger partial charge in [-0.2, -0.15) is 0 Å².